The molecule has 0 bridgehead atoms. The topological polar surface area (TPSA) is 116 Å². The molecule has 4 rings (SSSR count). The largest absolute Gasteiger partial charge is 0.478 e. The third kappa shape index (κ3) is 4.80. The molecule has 0 radical (unpaired) electrons. The zero-order chi connectivity index (χ0) is 22.6. The molecule has 0 atom stereocenters. The Kier molecular flexibility index (Phi) is 6.22. The third-order valence-electron chi connectivity index (χ3n) is 5.23. The first-order chi connectivity index (χ1) is 15.4. The van der Waals surface area contributed by atoms with Gasteiger partial charge in [0.25, 0.3) is 10.0 Å². The predicted molar refractivity (Wildman–Crippen MR) is 122 cm³/mol. The van der Waals surface area contributed by atoms with Crippen LogP contribution in [0.4, 0.5) is 17.3 Å². The Hall–Kier alpha value is -3.66. The molecule has 0 amide bonds. The van der Waals surface area contributed by atoms with Gasteiger partial charge in [-0.2, -0.15) is 0 Å². The Balaban J connectivity index is 1.55. The first kappa shape index (κ1) is 21.6. The van der Waals surface area contributed by atoms with E-state index in [0.29, 0.717) is 19.0 Å². The molecule has 1 fully saturated rings. The van der Waals surface area contributed by atoms with Gasteiger partial charge in [-0.1, -0.05) is 18.2 Å². The molecule has 2 aromatic carbocycles. The van der Waals surface area contributed by atoms with E-state index >= 15 is 0 Å². The van der Waals surface area contributed by atoms with Crippen LogP contribution in [0.3, 0.4) is 0 Å². The maximum atomic E-state index is 12.6. The Labute approximate surface area is 186 Å². The number of hydrogen-bond acceptors (Lipinski definition) is 7. The molecule has 0 spiro atoms. The van der Waals surface area contributed by atoms with E-state index in [-0.39, 0.29) is 16.1 Å². The number of benzene rings is 2. The minimum Gasteiger partial charge on any atom is -0.478 e. The summed E-state index contributed by atoms with van der Waals surface area (Å²) in [6.07, 6.45) is 4.27. The number of anilines is 3. The SMILES string of the molecule is O=C(O)c1cc(N2CCCN(c3ncccn3)CC2)ccc1NS(=O)(=O)c1ccccc1. The van der Waals surface area contributed by atoms with Gasteiger partial charge in [0.1, 0.15) is 0 Å². The van der Waals surface area contributed by atoms with Crippen LogP contribution in [0.25, 0.3) is 0 Å². The van der Waals surface area contributed by atoms with Crippen LogP contribution in [-0.4, -0.2) is 55.6 Å². The van der Waals surface area contributed by atoms with Gasteiger partial charge in [0.2, 0.25) is 5.95 Å². The second-order valence-electron chi connectivity index (χ2n) is 7.33. The van der Waals surface area contributed by atoms with Crippen LogP contribution in [-0.2, 0) is 10.0 Å². The van der Waals surface area contributed by atoms with E-state index in [9.17, 15) is 18.3 Å². The number of nitrogens with one attached hydrogen (secondary N) is 1. The van der Waals surface area contributed by atoms with Crippen molar-refractivity contribution in [2.24, 2.45) is 0 Å². The van der Waals surface area contributed by atoms with E-state index in [2.05, 4.69) is 24.5 Å². The summed E-state index contributed by atoms with van der Waals surface area (Å²) in [5, 5.41) is 9.72. The first-order valence-corrected chi connectivity index (χ1v) is 11.6. The van der Waals surface area contributed by atoms with E-state index in [1.165, 1.54) is 24.3 Å². The molecule has 2 heterocycles. The number of rotatable bonds is 6. The predicted octanol–water partition coefficient (Wildman–Crippen LogP) is 2.69. The summed E-state index contributed by atoms with van der Waals surface area (Å²) in [6.45, 7) is 2.87. The van der Waals surface area contributed by atoms with Crippen molar-refractivity contribution in [2.75, 3.05) is 40.7 Å². The van der Waals surface area contributed by atoms with Gasteiger partial charge in [0.05, 0.1) is 16.1 Å². The van der Waals surface area contributed by atoms with Crippen LogP contribution < -0.4 is 14.5 Å². The highest BCUT2D eigenvalue weighted by atomic mass is 32.2. The van der Waals surface area contributed by atoms with Gasteiger partial charge < -0.3 is 14.9 Å². The third-order valence-corrected chi connectivity index (χ3v) is 6.61. The zero-order valence-electron chi connectivity index (χ0n) is 17.3. The van der Waals surface area contributed by atoms with E-state index in [1.54, 1.807) is 42.7 Å². The summed E-state index contributed by atoms with van der Waals surface area (Å²) < 4.78 is 27.7. The summed E-state index contributed by atoms with van der Waals surface area (Å²) in [5.41, 5.74) is 0.648. The van der Waals surface area contributed by atoms with Crippen molar-refractivity contribution in [1.82, 2.24) is 9.97 Å². The monoisotopic (exact) mass is 453 g/mol. The van der Waals surface area contributed by atoms with Crippen molar-refractivity contribution in [3.05, 3.63) is 72.6 Å². The number of carbonyl (C=O) groups is 1. The van der Waals surface area contributed by atoms with Crippen LogP contribution in [0.2, 0.25) is 0 Å². The van der Waals surface area contributed by atoms with Crippen LogP contribution in [0, 0.1) is 0 Å². The maximum absolute atomic E-state index is 12.6. The minimum absolute atomic E-state index is 0.0271. The molecule has 9 nitrogen and oxygen atoms in total. The quantitative estimate of drug-likeness (QED) is 0.585. The highest BCUT2D eigenvalue weighted by molar-refractivity contribution is 7.92. The zero-order valence-corrected chi connectivity index (χ0v) is 18.1. The van der Waals surface area contributed by atoms with Crippen molar-refractivity contribution in [3.63, 3.8) is 0 Å². The molecule has 1 aromatic heterocycles. The Morgan fingerprint density at radius 3 is 2.31 bits per heavy atom. The van der Waals surface area contributed by atoms with Gasteiger partial charge in [0, 0.05) is 44.3 Å². The molecule has 1 aliphatic rings. The average Bonchev–Trinajstić information content (AvgIpc) is 3.07. The van der Waals surface area contributed by atoms with Crippen molar-refractivity contribution in [2.45, 2.75) is 11.3 Å². The Morgan fingerprint density at radius 2 is 1.59 bits per heavy atom. The van der Waals surface area contributed by atoms with Crippen molar-refractivity contribution >= 4 is 33.3 Å². The van der Waals surface area contributed by atoms with Gasteiger partial charge in [-0.15, -0.1) is 0 Å². The summed E-state index contributed by atoms with van der Waals surface area (Å²) in [5.74, 6) is -0.530. The van der Waals surface area contributed by atoms with Crippen molar-refractivity contribution in [1.29, 1.82) is 0 Å². The number of aromatic carboxylic acids is 1. The standard InChI is InChI=1S/C22H23N5O4S/c28-21(29)19-16-17(8-9-20(19)25-32(30,31)18-6-2-1-3-7-18)26-12-5-13-27(15-14-26)22-23-10-4-11-24-22/h1-4,6-11,16,25H,5,12-15H2,(H,28,29). The normalized spacial score (nSPS) is 14.6. The molecule has 2 N–H and O–H groups in total. The lowest BCUT2D eigenvalue weighted by molar-refractivity contribution is 0.0698. The van der Waals surface area contributed by atoms with Gasteiger partial charge in [-0.25, -0.2) is 23.2 Å². The maximum Gasteiger partial charge on any atom is 0.337 e. The van der Waals surface area contributed by atoms with Crippen LogP contribution in [0.5, 0.6) is 0 Å². The number of nitrogens with zero attached hydrogens (tertiary/aromatic N) is 4. The average molecular weight is 454 g/mol. The highest BCUT2D eigenvalue weighted by Gasteiger charge is 2.22. The Bertz CT molecular complexity index is 1190. The van der Waals surface area contributed by atoms with Gasteiger partial charge in [-0.3, -0.25) is 4.72 Å². The first-order valence-electron chi connectivity index (χ1n) is 10.2. The summed E-state index contributed by atoms with van der Waals surface area (Å²) >= 11 is 0. The summed E-state index contributed by atoms with van der Waals surface area (Å²) in [6, 6.07) is 14.4. The summed E-state index contributed by atoms with van der Waals surface area (Å²) in [4.78, 5) is 24.8. The van der Waals surface area contributed by atoms with Gasteiger partial charge in [0.15, 0.2) is 0 Å². The molecule has 1 aliphatic heterocycles. The lowest BCUT2D eigenvalue weighted by Gasteiger charge is -2.24. The number of aromatic nitrogens is 2. The fraction of sp³-hybridized carbons (Fsp3) is 0.227. The molecular weight excluding hydrogens is 430 g/mol. The molecule has 166 valence electrons. The van der Waals surface area contributed by atoms with Gasteiger partial charge in [-0.05, 0) is 42.8 Å². The van der Waals surface area contributed by atoms with Crippen LogP contribution in [0.1, 0.15) is 16.8 Å². The fourth-order valence-electron chi connectivity index (χ4n) is 3.63. The highest BCUT2D eigenvalue weighted by Crippen LogP contribution is 2.27. The van der Waals surface area contributed by atoms with Gasteiger partial charge >= 0.3 is 5.97 Å². The minimum atomic E-state index is -3.90. The molecule has 0 saturated carbocycles. The lowest BCUT2D eigenvalue weighted by atomic mass is 10.1. The van der Waals surface area contributed by atoms with E-state index in [0.717, 1.165) is 25.2 Å². The second-order valence-corrected chi connectivity index (χ2v) is 9.01. The number of carboxylic acids is 1. The molecule has 1 saturated heterocycles. The molecule has 10 heteroatoms. The smallest absolute Gasteiger partial charge is 0.337 e. The second kappa shape index (κ2) is 9.23. The van der Waals surface area contributed by atoms with E-state index in [4.69, 9.17) is 0 Å². The van der Waals surface area contributed by atoms with Crippen molar-refractivity contribution < 1.29 is 18.3 Å². The van der Waals surface area contributed by atoms with E-state index < -0.39 is 16.0 Å². The summed E-state index contributed by atoms with van der Waals surface area (Å²) in [7, 11) is -3.90. The molecular formula is C22H23N5O4S. The molecule has 3 aromatic rings. The fourth-order valence-corrected chi connectivity index (χ4v) is 4.73. The molecule has 32 heavy (non-hydrogen) atoms. The van der Waals surface area contributed by atoms with Crippen LogP contribution >= 0.6 is 0 Å². The Morgan fingerprint density at radius 1 is 0.906 bits per heavy atom. The number of carboxylic acid groups (broad SMARTS) is 1. The number of sulfonamides is 1. The van der Waals surface area contributed by atoms with Crippen molar-refractivity contribution in [3.8, 4) is 0 Å². The van der Waals surface area contributed by atoms with E-state index in [1.807, 2.05) is 0 Å². The molecule has 0 aliphatic carbocycles. The molecule has 0 unspecified atom stereocenters. The number of hydrogen-bond donors (Lipinski definition) is 2. The lowest BCUT2D eigenvalue weighted by Crippen LogP contribution is -2.31. The van der Waals surface area contributed by atoms with Crippen LogP contribution in [0.15, 0.2) is 71.9 Å².